The van der Waals surface area contributed by atoms with Gasteiger partial charge in [-0.3, -0.25) is 4.79 Å². The average molecular weight is 286 g/mol. The molecule has 0 amide bonds. The van der Waals surface area contributed by atoms with E-state index in [2.05, 4.69) is 19.1 Å². The third-order valence-electron chi connectivity index (χ3n) is 3.30. The van der Waals surface area contributed by atoms with E-state index < -0.39 is 11.9 Å². The number of benzene rings is 2. The Morgan fingerprint density at radius 3 is 2.40 bits per heavy atom. The molecule has 0 aliphatic heterocycles. The number of aliphatic carboxylic acids is 1. The summed E-state index contributed by atoms with van der Waals surface area (Å²) < 4.78 is 0. The fraction of sp³-hybridized carbons (Fsp3) is 0.235. The predicted molar refractivity (Wildman–Crippen MR) is 84.2 cm³/mol. The molecule has 1 N–H and O–H groups in total. The van der Waals surface area contributed by atoms with Crippen LogP contribution in [0.1, 0.15) is 22.6 Å². The van der Waals surface area contributed by atoms with Crippen LogP contribution in [0.4, 0.5) is 0 Å². The Hall–Kier alpha value is -1.74. The molecule has 0 aliphatic rings. The fourth-order valence-electron chi connectivity index (χ4n) is 2.05. The number of carboxylic acids is 1. The van der Waals surface area contributed by atoms with Crippen LogP contribution in [0.5, 0.6) is 0 Å². The molecule has 2 aromatic carbocycles. The maximum absolute atomic E-state index is 11.4. The van der Waals surface area contributed by atoms with E-state index >= 15 is 0 Å². The molecule has 0 fully saturated rings. The van der Waals surface area contributed by atoms with Crippen LogP contribution < -0.4 is 0 Å². The highest BCUT2D eigenvalue weighted by molar-refractivity contribution is 7.98. The number of rotatable bonds is 6. The molecule has 0 spiro atoms. The Labute approximate surface area is 123 Å². The van der Waals surface area contributed by atoms with Gasteiger partial charge in [0.25, 0.3) is 0 Å². The summed E-state index contributed by atoms with van der Waals surface area (Å²) >= 11 is 1.67. The summed E-state index contributed by atoms with van der Waals surface area (Å²) in [5.41, 5.74) is 3.40. The van der Waals surface area contributed by atoms with Crippen LogP contribution in [-0.2, 0) is 10.5 Å². The first kappa shape index (κ1) is 14.7. The lowest BCUT2D eigenvalue weighted by atomic mass is 10.0. The van der Waals surface area contributed by atoms with E-state index in [1.54, 1.807) is 11.8 Å². The summed E-state index contributed by atoms with van der Waals surface area (Å²) in [5, 5.41) is 9.37. The first-order valence-corrected chi connectivity index (χ1v) is 7.74. The van der Waals surface area contributed by atoms with Gasteiger partial charge in [0.1, 0.15) is 0 Å². The molecule has 0 aromatic heterocycles. The van der Waals surface area contributed by atoms with Crippen molar-refractivity contribution in [2.24, 2.45) is 0 Å². The van der Waals surface area contributed by atoms with Gasteiger partial charge >= 0.3 is 5.97 Å². The molecule has 104 valence electrons. The van der Waals surface area contributed by atoms with Crippen molar-refractivity contribution in [3.8, 4) is 0 Å². The van der Waals surface area contributed by atoms with Crippen LogP contribution in [0.25, 0.3) is 0 Å². The highest BCUT2D eigenvalue weighted by Gasteiger charge is 2.19. The van der Waals surface area contributed by atoms with Crippen molar-refractivity contribution in [1.29, 1.82) is 0 Å². The largest absolute Gasteiger partial charge is 0.481 e. The highest BCUT2D eigenvalue weighted by atomic mass is 32.2. The van der Waals surface area contributed by atoms with Crippen LogP contribution in [-0.4, -0.2) is 16.8 Å². The third-order valence-corrected chi connectivity index (χ3v) is 4.39. The van der Waals surface area contributed by atoms with Gasteiger partial charge in [-0.15, -0.1) is 0 Å². The number of hydrogen-bond donors (Lipinski definition) is 1. The summed E-state index contributed by atoms with van der Waals surface area (Å²) in [7, 11) is 0. The Morgan fingerprint density at radius 2 is 1.75 bits per heavy atom. The van der Waals surface area contributed by atoms with Crippen molar-refractivity contribution in [3.63, 3.8) is 0 Å². The highest BCUT2D eigenvalue weighted by Crippen LogP contribution is 2.24. The van der Waals surface area contributed by atoms with E-state index in [0.717, 1.165) is 11.3 Å². The van der Waals surface area contributed by atoms with Crippen LogP contribution in [0, 0.1) is 6.92 Å². The smallest absolute Gasteiger partial charge is 0.311 e. The molecule has 2 nitrogen and oxygen atoms in total. The molecule has 1 atom stereocenters. The zero-order chi connectivity index (χ0) is 14.4. The molecule has 3 heteroatoms. The van der Waals surface area contributed by atoms with E-state index in [-0.39, 0.29) is 0 Å². The number of aryl methyl sites for hydroxylation is 1. The van der Waals surface area contributed by atoms with Crippen LogP contribution >= 0.6 is 11.8 Å². The monoisotopic (exact) mass is 286 g/mol. The predicted octanol–water partition coefficient (Wildman–Crippen LogP) is 4.10. The Balaban J connectivity index is 1.97. The normalized spacial score (nSPS) is 12.1. The number of carboxylic acid groups (broad SMARTS) is 1. The van der Waals surface area contributed by atoms with E-state index in [9.17, 15) is 9.90 Å². The minimum Gasteiger partial charge on any atom is -0.481 e. The quantitative estimate of drug-likeness (QED) is 0.868. The minimum atomic E-state index is -0.756. The van der Waals surface area contributed by atoms with Gasteiger partial charge in [-0.2, -0.15) is 11.8 Å². The third kappa shape index (κ3) is 3.87. The lowest BCUT2D eigenvalue weighted by Gasteiger charge is -2.13. The first-order chi connectivity index (χ1) is 9.68. The lowest BCUT2D eigenvalue weighted by Crippen LogP contribution is -2.14. The summed E-state index contributed by atoms with van der Waals surface area (Å²) in [4.78, 5) is 11.4. The molecule has 0 aliphatic carbocycles. The maximum Gasteiger partial charge on any atom is 0.311 e. The van der Waals surface area contributed by atoms with Crippen molar-refractivity contribution in [2.75, 3.05) is 5.75 Å². The van der Waals surface area contributed by atoms with Gasteiger partial charge in [-0.05, 0) is 23.6 Å². The van der Waals surface area contributed by atoms with Gasteiger partial charge in [0, 0.05) is 11.5 Å². The Bertz CT molecular complexity index is 566. The van der Waals surface area contributed by atoms with Gasteiger partial charge in [0.05, 0.1) is 5.92 Å². The topological polar surface area (TPSA) is 37.3 Å². The minimum absolute atomic E-state index is 0.440. The van der Waals surface area contributed by atoms with E-state index in [1.807, 2.05) is 42.5 Å². The van der Waals surface area contributed by atoms with E-state index in [4.69, 9.17) is 0 Å². The zero-order valence-electron chi connectivity index (χ0n) is 11.5. The Morgan fingerprint density at radius 1 is 1.10 bits per heavy atom. The van der Waals surface area contributed by atoms with Crippen LogP contribution in [0.15, 0.2) is 54.6 Å². The maximum atomic E-state index is 11.4. The zero-order valence-corrected chi connectivity index (χ0v) is 12.3. The summed E-state index contributed by atoms with van der Waals surface area (Å²) in [6, 6.07) is 17.7. The Kier molecular flexibility index (Phi) is 5.24. The molecular weight excluding hydrogens is 268 g/mol. The van der Waals surface area contributed by atoms with Gasteiger partial charge in [-0.1, -0.05) is 54.6 Å². The summed E-state index contributed by atoms with van der Waals surface area (Å²) in [5.74, 6) is 0.246. The molecule has 0 heterocycles. The van der Waals surface area contributed by atoms with E-state index in [1.165, 1.54) is 11.1 Å². The molecule has 0 bridgehead atoms. The lowest BCUT2D eigenvalue weighted by molar-refractivity contribution is -0.138. The molecular formula is C17H18O2S. The molecule has 0 saturated carbocycles. The number of thioether (sulfide) groups is 1. The van der Waals surface area contributed by atoms with Gasteiger partial charge in [0.2, 0.25) is 0 Å². The van der Waals surface area contributed by atoms with Gasteiger partial charge in [-0.25, -0.2) is 0 Å². The molecule has 2 aromatic rings. The average Bonchev–Trinajstić information content (AvgIpc) is 2.46. The summed E-state index contributed by atoms with van der Waals surface area (Å²) in [6.07, 6.45) is 0. The standard InChI is InChI=1S/C17H18O2S/c1-13-7-5-6-10-15(13)11-20-12-16(17(18)19)14-8-3-2-4-9-14/h2-10,16H,11-12H2,1H3,(H,18,19). The number of carbonyl (C=O) groups is 1. The van der Waals surface area contributed by atoms with Crippen molar-refractivity contribution < 1.29 is 9.90 Å². The molecule has 20 heavy (non-hydrogen) atoms. The first-order valence-electron chi connectivity index (χ1n) is 6.58. The van der Waals surface area contributed by atoms with Gasteiger partial charge in [0.15, 0.2) is 0 Å². The van der Waals surface area contributed by atoms with Crippen molar-refractivity contribution in [2.45, 2.75) is 18.6 Å². The van der Waals surface area contributed by atoms with Crippen LogP contribution in [0.2, 0.25) is 0 Å². The molecule has 0 radical (unpaired) electrons. The van der Waals surface area contributed by atoms with Gasteiger partial charge < -0.3 is 5.11 Å². The van der Waals surface area contributed by atoms with Crippen molar-refractivity contribution >= 4 is 17.7 Å². The summed E-state index contributed by atoms with van der Waals surface area (Å²) in [6.45, 7) is 2.09. The van der Waals surface area contributed by atoms with Crippen molar-refractivity contribution in [1.82, 2.24) is 0 Å². The van der Waals surface area contributed by atoms with Crippen molar-refractivity contribution in [3.05, 3.63) is 71.3 Å². The molecule has 1 unspecified atom stereocenters. The van der Waals surface area contributed by atoms with E-state index in [0.29, 0.717) is 5.75 Å². The second kappa shape index (κ2) is 7.15. The second-order valence-electron chi connectivity index (χ2n) is 4.74. The second-order valence-corrected chi connectivity index (χ2v) is 5.77. The SMILES string of the molecule is Cc1ccccc1CSCC(C(=O)O)c1ccccc1. The molecule has 2 rings (SSSR count). The molecule has 0 saturated heterocycles. The number of hydrogen-bond acceptors (Lipinski definition) is 2. The fourth-order valence-corrected chi connectivity index (χ4v) is 3.29. The van der Waals surface area contributed by atoms with Crippen LogP contribution in [0.3, 0.4) is 0 Å².